The lowest BCUT2D eigenvalue weighted by Gasteiger charge is -2.12. The van der Waals surface area contributed by atoms with Crippen molar-refractivity contribution in [2.75, 3.05) is 5.32 Å². The highest BCUT2D eigenvalue weighted by Gasteiger charge is 2.38. The van der Waals surface area contributed by atoms with E-state index < -0.39 is 29.4 Å². The summed E-state index contributed by atoms with van der Waals surface area (Å²) in [6, 6.07) is 5.91. The molecule has 10 heteroatoms. The Bertz CT molecular complexity index is 818. The van der Waals surface area contributed by atoms with Crippen molar-refractivity contribution in [1.82, 2.24) is 9.97 Å². The van der Waals surface area contributed by atoms with Crippen molar-refractivity contribution < 1.29 is 23.1 Å². The van der Waals surface area contributed by atoms with Crippen LogP contribution < -0.4 is 5.32 Å². The number of carboxylic acids is 1. The smallest absolute Gasteiger partial charge is 0.434 e. The van der Waals surface area contributed by atoms with Crippen molar-refractivity contribution in [2.24, 2.45) is 0 Å². The summed E-state index contributed by atoms with van der Waals surface area (Å²) in [7, 11) is 0. The third-order valence-corrected chi connectivity index (χ3v) is 2.95. The molecule has 0 bridgehead atoms. The zero-order valence-electron chi connectivity index (χ0n) is 11.0. The number of anilines is 2. The maximum Gasteiger partial charge on any atom is 0.434 e. The summed E-state index contributed by atoms with van der Waals surface area (Å²) >= 11 is 5.88. The molecule has 0 spiro atoms. The van der Waals surface area contributed by atoms with Crippen LogP contribution >= 0.6 is 11.6 Å². The minimum absolute atomic E-state index is 0.0727. The number of nitriles is 1. The lowest BCUT2D eigenvalue weighted by Crippen LogP contribution is -2.17. The second-order valence-corrected chi connectivity index (χ2v) is 4.60. The number of alkyl halides is 3. The number of nitrogens with one attached hydrogen (secondary N) is 1. The Kier molecular flexibility index (Phi) is 4.38. The summed E-state index contributed by atoms with van der Waals surface area (Å²) in [5.41, 5.74) is -2.21. The number of aromatic nitrogens is 2. The van der Waals surface area contributed by atoms with Crippen LogP contribution in [0.5, 0.6) is 0 Å². The first-order valence-electron chi connectivity index (χ1n) is 5.86. The molecule has 0 aliphatic rings. The summed E-state index contributed by atoms with van der Waals surface area (Å²) in [5.74, 6) is -2.27. The highest BCUT2D eigenvalue weighted by Crippen LogP contribution is 2.32. The standard InChI is InChI=1S/C13H6ClF3N4O2/c14-8-3-6(4-18)1-2-9(8)20-12-19-5-7(11(22)23)10(21-12)13(15,16)17/h1-3,5H,(H,22,23)(H,19,20,21). The fourth-order valence-corrected chi connectivity index (χ4v) is 1.85. The molecule has 2 N–H and O–H groups in total. The Hall–Kier alpha value is -2.86. The highest BCUT2D eigenvalue weighted by molar-refractivity contribution is 6.33. The molecule has 2 aromatic rings. The van der Waals surface area contributed by atoms with Crippen LogP contribution in [0.15, 0.2) is 24.4 Å². The van der Waals surface area contributed by atoms with Gasteiger partial charge in [0, 0.05) is 6.20 Å². The van der Waals surface area contributed by atoms with Gasteiger partial charge in [-0.2, -0.15) is 18.4 Å². The number of aromatic carboxylic acids is 1. The number of nitrogens with zero attached hydrogens (tertiary/aromatic N) is 3. The van der Waals surface area contributed by atoms with Gasteiger partial charge in [-0.15, -0.1) is 0 Å². The van der Waals surface area contributed by atoms with E-state index in [1.54, 1.807) is 0 Å². The maximum absolute atomic E-state index is 12.9. The molecular formula is C13H6ClF3N4O2. The maximum atomic E-state index is 12.9. The van der Waals surface area contributed by atoms with E-state index in [1.807, 2.05) is 6.07 Å². The first kappa shape index (κ1) is 16.5. The van der Waals surface area contributed by atoms with Gasteiger partial charge in [0.2, 0.25) is 5.95 Å². The van der Waals surface area contributed by atoms with E-state index in [0.29, 0.717) is 6.20 Å². The molecule has 1 aromatic carbocycles. The fraction of sp³-hybridized carbons (Fsp3) is 0.0769. The Morgan fingerprint density at radius 3 is 2.61 bits per heavy atom. The number of hydrogen-bond acceptors (Lipinski definition) is 5. The molecular weight excluding hydrogens is 337 g/mol. The molecule has 0 aliphatic heterocycles. The van der Waals surface area contributed by atoms with Crippen LogP contribution in [0.3, 0.4) is 0 Å². The normalized spacial score (nSPS) is 10.9. The summed E-state index contributed by atoms with van der Waals surface area (Å²) in [6.07, 6.45) is -4.40. The molecule has 0 fully saturated rings. The van der Waals surface area contributed by atoms with Gasteiger partial charge in [0.25, 0.3) is 0 Å². The SMILES string of the molecule is N#Cc1ccc(Nc2ncc(C(=O)O)c(C(F)(F)F)n2)c(Cl)c1. The minimum Gasteiger partial charge on any atom is -0.478 e. The zero-order valence-corrected chi connectivity index (χ0v) is 11.8. The second kappa shape index (κ2) is 6.10. The van der Waals surface area contributed by atoms with E-state index >= 15 is 0 Å². The van der Waals surface area contributed by atoms with Gasteiger partial charge in [-0.1, -0.05) is 11.6 Å². The van der Waals surface area contributed by atoms with Crippen molar-refractivity contribution in [1.29, 1.82) is 5.26 Å². The average Bonchev–Trinajstić information content (AvgIpc) is 2.48. The Morgan fingerprint density at radius 2 is 2.09 bits per heavy atom. The van der Waals surface area contributed by atoms with Crippen molar-refractivity contribution in [3.8, 4) is 6.07 Å². The molecule has 1 aromatic heterocycles. The van der Waals surface area contributed by atoms with E-state index in [2.05, 4.69) is 15.3 Å². The van der Waals surface area contributed by atoms with Crippen LogP contribution in [0.4, 0.5) is 24.8 Å². The van der Waals surface area contributed by atoms with Crippen LogP contribution in [0.2, 0.25) is 5.02 Å². The molecule has 118 valence electrons. The first-order chi connectivity index (χ1) is 10.7. The van der Waals surface area contributed by atoms with Gasteiger partial charge in [0.05, 0.1) is 22.3 Å². The minimum atomic E-state index is -4.96. The van der Waals surface area contributed by atoms with E-state index in [4.69, 9.17) is 22.0 Å². The lowest BCUT2D eigenvalue weighted by atomic mass is 10.2. The number of halogens is 4. The van der Waals surface area contributed by atoms with E-state index in [1.165, 1.54) is 18.2 Å². The molecule has 0 radical (unpaired) electrons. The van der Waals surface area contributed by atoms with Gasteiger partial charge < -0.3 is 10.4 Å². The molecule has 6 nitrogen and oxygen atoms in total. The second-order valence-electron chi connectivity index (χ2n) is 4.19. The largest absolute Gasteiger partial charge is 0.478 e. The quantitative estimate of drug-likeness (QED) is 0.886. The summed E-state index contributed by atoms with van der Waals surface area (Å²) in [6.45, 7) is 0. The zero-order chi connectivity index (χ0) is 17.2. The predicted octanol–water partition coefficient (Wildman–Crippen LogP) is 3.46. The molecule has 0 unspecified atom stereocenters. The van der Waals surface area contributed by atoms with Crippen molar-refractivity contribution >= 4 is 29.2 Å². The monoisotopic (exact) mass is 342 g/mol. The van der Waals surface area contributed by atoms with Crippen molar-refractivity contribution in [3.63, 3.8) is 0 Å². The number of hydrogen-bond donors (Lipinski definition) is 2. The van der Waals surface area contributed by atoms with E-state index in [9.17, 15) is 18.0 Å². The van der Waals surface area contributed by atoms with Gasteiger partial charge in [-0.25, -0.2) is 14.8 Å². The Balaban J connectivity index is 2.42. The van der Waals surface area contributed by atoms with Gasteiger partial charge in [-0.05, 0) is 18.2 Å². The molecule has 2 rings (SSSR count). The van der Waals surface area contributed by atoms with Gasteiger partial charge in [-0.3, -0.25) is 0 Å². The number of benzene rings is 1. The number of carbonyl (C=O) groups is 1. The van der Waals surface area contributed by atoms with Gasteiger partial charge in [0.15, 0.2) is 5.69 Å². The van der Waals surface area contributed by atoms with Crippen LogP contribution in [-0.4, -0.2) is 21.0 Å². The van der Waals surface area contributed by atoms with Crippen LogP contribution in [-0.2, 0) is 6.18 Å². The topological polar surface area (TPSA) is 98.9 Å². The third-order valence-electron chi connectivity index (χ3n) is 2.63. The Morgan fingerprint density at radius 1 is 1.39 bits per heavy atom. The molecule has 0 amide bonds. The van der Waals surface area contributed by atoms with Crippen molar-refractivity contribution in [3.05, 3.63) is 46.2 Å². The fourth-order valence-electron chi connectivity index (χ4n) is 1.62. The predicted molar refractivity (Wildman–Crippen MR) is 73.4 cm³/mol. The molecule has 1 heterocycles. The first-order valence-corrected chi connectivity index (χ1v) is 6.24. The highest BCUT2D eigenvalue weighted by atomic mass is 35.5. The molecule has 0 aliphatic carbocycles. The van der Waals surface area contributed by atoms with E-state index in [-0.39, 0.29) is 16.3 Å². The van der Waals surface area contributed by atoms with E-state index in [0.717, 1.165) is 0 Å². The summed E-state index contributed by atoms with van der Waals surface area (Å²) in [5, 5.41) is 20.0. The number of rotatable bonds is 3. The molecule has 0 saturated heterocycles. The van der Waals surface area contributed by atoms with Crippen molar-refractivity contribution in [2.45, 2.75) is 6.18 Å². The molecule has 0 atom stereocenters. The number of carboxylic acid groups (broad SMARTS) is 1. The van der Waals surface area contributed by atoms with Crippen LogP contribution in [0.25, 0.3) is 0 Å². The molecule has 0 saturated carbocycles. The van der Waals surface area contributed by atoms with Gasteiger partial charge in [0.1, 0.15) is 5.56 Å². The van der Waals surface area contributed by atoms with Crippen LogP contribution in [0, 0.1) is 11.3 Å². The average molecular weight is 343 g/mol. The third kappa shape index (κ3) is 3.67. The summed E-state index contributed by atoms with van der Waals surface area (Å²) < 4.78 is 38.6. The Labute approximate surface area is 132 Å². The van der Waals surface area contributed by atoms with Gasteiger partial charge >= 0.3 is 12.1 Å². The lowest BCUT2D eigenvalue weighted by molar-refractivity contribution is -0.141. The molecule has 23 heavy (non-hydrogen) atoms. The van der Waals surface area contributed by atoms with Crippen LogP contribution in [0.1, 0.15) is 21.6 Å². The summed E-state index contributed by atoms with van der Waals surface area (Å²) in [4.78, 5) is 17.5.